The Balaban J connectivity index is 2.30. The summed E-state index contributed by atoms with van der Waals surface area (Å²) < 4.78 is 0. The predicted octanol–water partition coefficient (Wildman–Crippen LogP) is 1.86. The molecule has 2 N–H and O–H groups in total. The van der Waals surface area contributed by atoms with Crippen molar-refractivity contribution in [2.24, 2.45) is 0 Å². The average Bonchev–Trinajstić information content (AvgIpc) is 2.39. The Bertz CT molecular complexity index is 497. The molecule has 102 valence electrons. The second-order valence-electron chi connectivity index (χ2n) is 5.04. The van der Waals surface area contributed by atoms with E-state index in [1.807, 2.05) is 0 Å². The number of carboxylic acids is 1. The maximum absolute atomic E-state index is 12.4. The van der Waals surface area contributed by atoms with Crippen LogP contribution in [0.1, 0.15) is 36.5 Å². The highest BCUT2D eigenvalue weighted by Crippen LogP contribution is 2.30. The van der Waals surface area contributed by atoms with E-state index in [0.717, 1.165) is 12.8 Å². The van der Waals surface area contributed by atoms with Gasteiger partial charge in [0.1, 0.15) is 11.3 Å². The number of amides is 1. The number of benzene rings is 1. The smallest absolute Gasteiger partial charge is 0.329 e. The summed E-state index contributed by atoms with van der Waals surface area (Å²) in [4.78, 5) is 25.3. The molecule has 1 unspecified atom stereocenters. The largest absolute Gasteiger partial charge is 0.508 e. The van der Waals surface area contributed by atoms with E-state index < -0.39 is 11.5 Å². The first-order valence-electron chi connectivity index (χ1n) is 6.29. The lowest BCUT2D eigenvalue weighted by molar-refractivity contribution is -0.150. The topological polar surface area (TPSA) is 77.8 Å². The first kappa shape index (κ1) is 13.4. The number of hydrogen-bond acceptors (Lipinski definition) is 3. The molecule has 1 aliphatic heterocycles. The molecular formula is C14H17NO4. The Morgan fingerprint density at radius 2 is 1.84 bits per heavy atom. The number of rotatable bonds is 2. The Kier molecular flexibility index (Phi) is 3.46. The van der Waals surface area contributed by atoms with E-state index >= 15 is 0 Å². The van der Waals surface area contributed by atoms with Gasteiger partial charge < -0.3 is 15.1 Å². The predicted molar refractivity (Wildman–Crippen MR) is 69.0 cm³/mol. The Morgan fingerprint density at radius 1 is 1.21 bits per heavy atom. The second-order valence-corrected chi connectivity index (χ2v) is 5.04. The molecule has 1 atom stereocenters. The van der Waals surface area contributed by atoms with E-state index in [0.29, 0.717) is 18.5 Å². The van der Waals surface area contributed by atoms with Crippen LogP contribution < -0.4 is 0 Å². The summed E-state index contributed by atoms with van der Waals surface area (Å²) in [7, 11) is 0. The van der Waals surface area contributed by atoms with Gasteiger partial charge in [0.25, 0.3) is 5.91 Å². The van der Waals surface area contributed by atoms with Crippen LogP contribution in [0.4, 0.5) is 0 Å². The van der Waals surface area contributed by atoms with Gasteiger partial charge in [0.2, 0.25) is 0 Å². The first-order chi connectivity index (χ1) is 8.95. The third-order valence-electron chi connectivity index (χ3n) is 3.71. The Hall–Kier alpha value is -2.04. The maximum atomic E-state index is 12.4. The van der Waals surface area contributed by atoms with Gasteiger partial charge in [0.15, 0.2) is 0 Å². The minimum atomic E-state index is -1.15. The molecule has 1 saturated heterocycles. The summed E-state index contributed by atoms with van der Waals surface area (Å²) in [6.07, 6.45) is 2.08. The third-order valence-corrected chi connectivity index (χ3v) is 3.71. The fourth-order valence-corrected chi connectivity index (χ4v) is 2.43. The number of carboxylic acid groups (broad SMARTS) is 1. The molecule has 0 aliphatic carbocycles. The van der Waals surface area contributed by atoms with Crippen molar-refractivity contribution in [3.8, 4) is 5.75 Å². The van der Waals surface area contributed by atoms with Crippen molar-refractivity contribution in [2.75, 3.05) is 6.54 Å². The van der Waals surface area contributed by atoms with E-state index in [-0.39, 0.29) is 11.7 Å². The van der Waals surface area contributed by atoms with E-state index in [2.05, 4.69) is 0 Å². The molecule has 1 aliphatic rings. The lowest BCUT2D eigenvalue weighted by atomic mass is 9.88. The number of phenols is 1. The highest BCUT2D eigenvalue weighted by molar-refractivity contribution is 5.98. The van der Waals surface area contributed by atoms with Gasteiger partial charge >= 0.3 is 5.97 Å². The van der Waals surface area contributed by atoms with Crippen LogP contribution in [-0.4, -0.2) is 39.1 Å². The van der Waals surface area contributed by atoms with Crippen LogP contribution in [0.15, 0.2) is 24.3 Å². The zero-order valence-corrected chi connectivity index (χ0v) is 10.8. The van der Waals surface area contributed by atoms with Crippen LogP contribution in [0.25, 0.3) is 0 Å². The monoisotopic (exact) mass is 263 g/mol. The summed E-state index contributed by atoms with van der Waals surface area (Å²) in [5.41, 5.74) is -0.750. The molecule has 5 nitrogen and oxygen atoms in total. The third kappa shape index (κ3) is 2.41. The molecule has 2 rings (SSSR count). The standard InChI is InChI=1S/C14H17NO4/c1-14(13(18)19)8-2-3-9-15(14)12(17)10-4-6-11(16)7-5-10/h4-7,16H,2-3,8-9H2,1H3,(H,18,19). The van der Waals surface area contributed by atoms with E-state index in [1.165, 1.54) is 29.2 Å². The maximum Gasteiger partial charge on any atom is 0.329 e. The Labute approximate surface area is 111 Å². The van der Waals surface area contributed by atoms with Gasteiger partial charge in [-0.05, 0) is 50.5 Å². The molecular weight excluding hydrogens is 246 g/mol. The zero-order valence-electron chi connectivity index (χ0n) is 10.8. The molecule has 0 saturated carbocycles. The van der Waals surface area contributed by atoms with E-state index in [9.17, 15) is 19.8 Å². The van der Waals surface area contributed by atoms with Crippen LogP contribution in [0.2, 0.25) is 0 Å². The molecule has 1 aromatic rings. The van der Waals surface area contributed by atoms with Crippen molar-refractivity contribution in [2.45, 2.75) is 31.7 Å². The summed E-state index contributed by atoms with van der Waals surface area (Å²) >= 11 is 0. The van der Waals surface area contributed by atoms with Crippen molar-refractivity contribution >= 4 is 11.9 Å². The number of carbonyl (C=O) groups is 2. The fourth-order valence-electron chi connectivity index (χ4n) is 2.43. The van der Waals surface area contributed by atoms with Crippen LogP contribution in [0, 0.1) is 0 Å². The molecule has 19 heavy (non-hydrogen) atoms. The molecule has 0 spiro atoms. The van der Waals surface area contributed by atoms with Crippen LogP contribution in [0.5, 0.6) is 5.75 Å². The van der Waals surface area contributed by atoms with Gasteiger partial charge in [0, 0.05) is 12.1 Å². The van der Waals surface area contributed by atoms with Crippen molar-refractivity contribution < 1.29 is 19.8 Å². The molecule has 0 bridgehead atoms. The average molecular weight is 263 g/mol. The summed E-state index contributed by atoms with van der Waals surface area (Å²) in [5.74, 6) is -1.19. The van der Waals surface area contributed by atoms with Crippen LogP contribution in [-0.2, 0) is 4.79 Å². The van der Waals surface area contributed by atoms with Gasteiger partial charge in [-0.3, -0.25) is 4.79 Å². The number of nitrogens with zero attached hydrogens (tertiary/aromatic N) is 1. The number of phenolic OH excluding ortho intramolecular Hbond substituents is 1. The zero-order chi connectivity index (χ0) is 14.0. The van der Waals surface area contributed by atoms with Crippen molar-refractivity contribution in [1.82, 2.24) is 4.90 Å². The highest BCUT2D eigenvalue weighted by Gasteiger charge is 2.44. The fraction of sp³-hybridized carbons (Fsp3) is 0.429. The normalized spacial score (nSPS) is 23.1. The minimum absolute atomic E-state index is 0.0798. The van der Waals surface area contributed by atoms with Gasteiger partial charge in [-0.1, -0.05) is 0 Å². The van der Waals surface area contributed by atoms with Gasteiger partial charge in [-0.2, -0.15) is 0 Å². The molecule has 1 amide bonds. The van der Waals surface area contributed by atoms with Gasteiger partial charge in [0.05, 0.1) is 0 Å². The number of piperidine rings is 1. The lowest BCUT2D eigenvalue weighted by Gasteiger charge is -2.41. The Morgan fingerprint density at radius 3 is 2.42 bits per heavy atom. The lowest BCUT2D eigenvalue weighted by Crippen LogP contribution is -2.57. The number of carbonyl (C=O) groups excluding carboxylic acids is 1. The first-order valence-corrected chi connectivity index (χ1v) is 6.29. The summed E-state index contributed by atoms with van der Waals surface area (Å²) in [6, 6.07) is 5.87. The molecule has 1 aromatic carbocycles. The van der Waals surface area contributed by atoms with E-state index in [4.69, 9.17) is 0 Å². The van der Waals surface area contributed by atoms with Gasteiger partial charge in [-0.15, -0.1) is 0 Å². The van der Waals surface area contributed by atoms with Crippen LogP contribution in [0.3, 0.4) is 0 Å². The van der Waals surface area contributed by atoms with Crippen molar-refractivity contribution in [1.29, 1.82) is 0 Å². The molecule has 1 heterocycles. The van der Waals surface area contributed by atoms with Crippen LogP contribution >= 0.6 is 0 Å². The summed E-state index contributed by atoms with van der Waals surface area (Å²) in [5, 5.41) is 18.6. The number of aromatic hydroxyl groups is 1. The quantitative estimate of drug-likeness (QED) is 0.853. The van der Waals surface area contributed by atoms with E-state index in [1.54, 1.807) is 6.92 Å². The summed E-state index contributed by atoms with van der Waals surface area (Å²) in [6.45, 7) is 2.04. The molecule has 0 aromatic heterocycles. The molecule has 5 heteroatoms. The second kappa shape index (κ2) is 4.91. The number of likely N-dealkylation sites (tertiary alicyclic amines) is 1. The van der Waals surface area contributed by atoms with Crippen molar-refractivity contribution in [3.63, 3.8) is 0 Å². The number of hydrogen-bond donors (Lipinski definition) is 2. The molecule has 0 radical (unpaired) electrons. The van der Waals surface area contributed by atoms with Crippen molar-refractivity contribution in [3.05, 3.63) is 29.8 Å². The SMILES string of the molecule is CC1(C(=O)O)CCCCN1C(=O)c1ccc(O)cc1. The minimum Gasteiger partial charge on any atom is -0.508 e. The van der Waals surface area contributed by atoms with Gasteiger partial charge in [-0.25, -0.2) is 4.79 Å². The molecule has 1 fully saturated rings. The highest BCUT2D eigenvalue weighted by atomic mass is 16.4. The number of aliphatic carboxylic acids is 1.